The number of piperidine rings is 2. The summed E-state index contributed by atoms with van der Waals surface area (Å²) < 4.78 is 32.0. The second-order valence-electron chi connectivity index (χ2n) is 12.0. The number of nitrogens with one attached hydrogen (secondary N) is 3. The number of alkyl carbamates (subject to hydrolysis) is 1. The van der Waals surface area contributed by atoms with Crippen molar-refractivity contribution in [2.45, 2.75) is 115 Å². The minimum atomic E-state index is -3.10. The van der Waals surface area contributed by atoms with Gasteiger partial charge in [0.05, 0.1) is 13.2 Å². The standard InChI is InChI=1S/C26H40F2N4O6/c1-25(2,3)20(31-24(37)38-5)23(36)32-16-10-6-14(7-11-16)18(32)21(34)30-17(12-13-26(4,27)28)19(33)22(35)29-15-8-9-15/h14-18,20H,6-13H2,1-5H3,(H,29,35)(H,30,34)(H,31,37)/t14?,16?,17-,18-,20+/m0/s1. The molecule has 10 nitrogen and oxygen atoms in total. The van der Waals surface area contributed by atoms with Gasteiger partial charge in [0, 0.05) is 18.5 Å². The number of carbonyl (C=O) groups excluding carboxylic acids is 5. The Kier molecular flexibility index (Phi) is 9.03. The molecule has 0 unspecified atom stereocenters. The molecule has 2 aliphatic carbocycles. The molecular weight excluding hydrogens is 502 g/mol. The quantitative estimate of drug-likeness (QED) is 0.363. The molecule has 4 amide bonds. The van der Waals surface area contributed by atoms with Crippen molar-refractivity contribution in [2.75, 3.05) is 7.11 Å². The Bertz CT molecular complexity index is 935. The third kappa shape index (κ3) is 7.41. The van der Waals surface area contributed by atoms with Gasteiger partial charge in [0.25, 0.3) is 5.91 Å². The van der Waals surface area contributed by atoms with E-state index in [0.29, 0.717) is 32.6 Å². The number of halogens is 2. The summed E-state index contributed by atoms with van der Waals surface area (Å²) in [5.41, 5.74) is -0.713. The molecule has 0 aromatic rings. The second kappa shape index (κ2) is 11.5. The summed E-state index contributed by atoms with van der Waals surface area (Å²) >= 11 is 0. The van der Waals surface area contributed by atoms with Gasteiger partial charge >= 0.3 is 6.09 Å². The van der Waals surface area contributed by atoms with Gasteiger partial charge in [-0.2, -0.15) is 0 Å². The number of ether oxygens (including phenoxy) is 1. The molecule has 2 heterocycles. The molecule has 3 N–H and O–H groups in total. The number of nitrogens with zero attached hydrogens (tertiary/aromatic N) is 1. The first-order valence-corrected chi connectivity index (χ1v) is 13.3. The first kappa shape index (κ1) is 29.8. The summed E-state index contributed by atoms with van der Waals surface area (Å²) in [7, 11) is 1.19. The minimum Gasteiger partial charge on any atom is -0.453 e. The highest BCUT2D eigenvalue weighted by atomic mass is 19.3. The number of hydrogen-bond donors (Lipinski definition) is 3. The van der Waals surface area contributed by atoms with Crippen molar-refractivity contribution in [2.24, 2.45) is 11.3 Å². The number of amides is 4. The number of hydrogen-bond acceptors (Lipinski definition) is 6. The molecule has 4 rings (SSSR count). The molecular formula is C26H40F2N4O6. The number of ketones is 1. The van der Waals surface area contributed by atoms with E-state index in [2.05, 4.69) is 16.0 Å². The zero-order chi connectivity index (χ0) is 28.4. The Balaban J connectivity index is 1.85. The van der Waals surface area contributed by atoms with Crippen molar-refractivity contribution < 1.29 is 37.5 Å². The maximum absolute atomic E-state index is 13.9. The lowest BCUT2D eigenvalue weighted by Gasteiger charge is -2.52. The van der Waals surface area contributed by atoms with Crippen LogP contribution in [0.4, 0.5) is 13.6 Å². The van der Waals surface area contributed by atoms with Crippen LogP contribution in [0, 0.1) is 11.3 Å². The summed E-state index contributed by atoms with van der Waals surface area (Å²) in [5, 5.41) is 7.68. The molecule has 214 valence electrons. The lowest BCUT2D eigenvalue weighted by molar-refractivity contribution is -0.157. The van der Waals surface area contributed by atoms with Crippen LogP contribution in [0.1, 0.15) is 79.1 Å². The van der Waals surface area contributed by atoms with Crippen molar-refractivity contribution in [3.8, 4) is 0 Å². The third-order valence-electron chi connectivity index (χ3n) is 7.61. The summed E-state index contributed by atoms with van der Waals surface area (Å²) in [6.45, 7) is 6.05. The topological polar surface area (TPSA) is 134 Å². The molecule has 4 fully saturated rings. The molecule has 2 aliphatic heterocycles. The predicted octanol–water partition coefficient (Wildman–Crippen LogP) is 2.29. The second-order valence-corrected chi connectivity index (χ2v) is 12.0. The highest BCUT2D eigenvalue weighted by Crippen LogP contribution is 2.41. The predicted molar refractivity (Wildman–Crippen MR) is 133 cm³/mol. The number of rotatable bonds is 10. The Morgan fingerprint density at radius 1 is 0.947 bits per heavy atom. The van der Waals surface area contributed by atoms with Crippen LogP contribution in [0.5, 0.6) is 0 Å². The highest BCUT2D eigenvalue weighted by Gasteiger charge is 2.51. The number of Topliss-reactive ketones (excluding diaryl/α,β-unsaturated/α-hetero) is 1. The Labute approximate surface area is 222 Å². The van der Waals surface area contributed by atoms with E-state index in [0.717, 1.165) is 12.8 Å². The normalized spacial score (nSPS) is 24.7. The van der Waals surface area contributed by atoms with E-state index < -0.39 is 71.9 Å². The van der Waals surface area contributed by atoms with Gasteiger partial charge in [-0.3, -0.25) is 19.2 Å². The van der Waals surface area contributed by atoms with Gasteiger partial charge in [-0.15, -0.1) is 0 Å². The van der Waals surface area contributed by atoms with E-state index in [4.69, 9.17) is 4.74 Å². The van der Waals surface area contributed by atoms with E-state index in [-0.39, 0.29) is 18.0 Å². The largest absolute Gasteiger partial charge is 0.453 e. The van der Waals surface area contributed by atoms with Crippen molar-refractivity contribution in [3.05, 3.63) is 0 Å². The van der Waals surface area contributed by atoms with Gasteiger partial charge < -0.3 is 25.6 Å². The number of methoxy groups -OCH3 is 1. The van der Waals surface area contributed by atoms with Crippen LogP contribution < -0.4 is 16.0 Å². The molecule has 38 heavy (non-hydrogen) atoms. The van der Waals surface area contributed by atoms with Gasteiger partial charge in [0.2, 0.25) is 23.5 Å². The average molecular weight is 543 g/mol. The molecule has 0 aromatic heterocycles. The first-order chi connectivity index (χ1) is 17.6. The molecule has 0 radical (unpaired) electrons. The number of fused-ring (bicyclic) bond motifs is 3. The molecule has 2 saturated carbocycles. The van der Waals surface area contributed by atoms with Crippen LogP contribution in [0.15, 0.2) is 0 Å². The molecule has 2 saturated heterocycles. The molecule has 3 atom stereocenters. The number of carbonyl (C=O) groups is 5. The minimum absolute atomic E-state index is 0.116. The van der Waals surface area contributed by atoms with E-state index >= 15 is 0 Å². The molecule has 2 bridgehead atoms. The average Bonchev–Trinajstić information content (AvgIpc) is 3.66. The summed E-state index contributed by atoms with van der Waals surface area (Å²) in [6, 6.07) is -3.77. The van der Waals surface area contributed by atoms with Crippen molar-refractivity contribution in [3.63, 3.8) is 0 Å². The fourth-order valence-corrected chi connectivity index (χ4v) is 5.35. The molecule has 0 spiro atoms. The van der Waals surface area contributed by atoms with Crippen LogP contribution in [0.25, 0.3) is 0 Å². The van der Waals surface area contributed by atoms with Crippen molar-refractivity contribution >= 4 is 29.6 Å². The van der Waals surface area contributed by atoms with Crippen LogP contribution in [0.2, 0.25) is 0 Å². The van der Waals surface area contributed by atoms with E-state index in [9.17, 15) is 32.8 Å². The van der Waals surface area contributed by atoms with Crippen LogP contribution >= 0.6 is 0 Å². The lowest BCUT2D eigenvalue weighted by Crippen LogP contribution is -2.68. The van der Waals surface area contributed by atoms with Crippen LogP contribution in [-0.2, 0) is 23.9 Å². The van der Waals surface area contributed by atoms with Gasteiger partial charge in [-0.05, 0) is 63.2 Å². The highest BCUT2D eigenvalue weighted by molar-refractivity contribution is 6.38. The van der Waals surface area contributed by atoms with Gasteiger partial charge in [0.1, 0.15) is 12.1 Å². The Morgan fingerprint density at radius 3 is 2.05 bits per heavy atom. The zero-order valence-corrected chi connectivity index (χ0v) is 22.8. The molecule has 4 aliphatic rings. The van der Waals surface area contributed by atoms with Gasteiger partial charge in [-0.1, -0.05) is 20.8 Å². The Morgan fingerprint density at radius 2 is 1.55 bits per heavy atom. The first-order valence-electron chi connectivity index (χ1n) is 13.3. The fourth-order valence-electron chi connectivity index (χ4n) is 5.35. The fraction of sp³-hybridized carbons (Fsp3) is 0.808. The summed E-state index contributed by atoms with van der Waals surface area (Å²) in [4.78, 5) is 66.4. The SMILES string of the molecule is COC(=O)N[C@H](C(=O)N1C2CCC(CC2)[C@H]1C(=O)N[C@@H](CCC(C)(F)F)C(=O)C(=O)NC1CC1)C(C)(C)C. The molecule has 0 aromatic carbocycles. The maximum Gasteiger partial charge on any atom is 0.407 e. The molecule has 12 heteroatoms. The lowest BCUT2D eigenvalue weighted by atomic mass is 9.73. The van der Waals surface area contributed by atoms with Crippen molar-refractivity contribution in [1.82, 2.24) is 20.9 Å². The van der Waals surface area contributed by atoms with E-state index in [1.165, 1.54) is 12.0 Å². The summed E-state index contributed by atoms with van der Waals surface area (Å²) in [5.74, 6) is -6.30. The van der Waals surface area contributed by atoms with Crippen LogP contribution in [0.3, 0.4) is 0 Å². The van der Waals surface area contributed by atoms with Gasteiger partial charge in [-0.25, -0.2) is 13.6 Å². The van der Waals surface area contributed by atoms with E-state index in [1.807, 2.05) is 0 Å². The zero-order valence-electron chi connectivity index (χ0n) is 22.8. The van der Waals surface area contributed by atoms with Gasteiger partial charge in [0.15, 0.2) is 0 Å². The third-order valence-corrected chi connectivity index (χ3v) is 7.61. The monoisotopic (exact) mass is 542 g/mol. The van der Waals surface area contributed by atoms with Crippen molar-refractivity contribution in [1.29, 1.82) is 0 Å². The number of alkyl halides is 2. The smallest absolute Gasteiger partial charge is 0.407 e. The van der Waals surface area contributed by atoms with Crippen LogP contribution in [-0.4, -0.2) is 77.7 Å². The Hall–Kier alpha value is -2.79. The van der Waals surface area contributed by atoms with E-state index in [1.54, 1.807) is 20.8 Å². The maximum atomic E-state index is 13.9. The summed E-state index contributed by atoms with van der Waals surface area (Å²) in [6.07, 6.45) is 2.31.